The molecule has 0 saturated heterocycles. The molecule has 4 nitrogen and oxygen atoms in total. The van der Waals surface area contributed by atoms with Crippen molar-refractivity contribution in [3.05, 3.63) is 0 Å². The zero-order chi connectivity index (χ0) is 13.0. The van der Waals surface area contributed by atoms with Crippen molar-refractivity contribution in [2.45, 2.75) is 45.8 Å². The Morgan fingerprint density at radius 1 is 1.31 bits per heavy atom. The van der Waals surface area contributed by atoms with Crippen LogP contribution in [0.1, 0.15) is 41.0 Å². The van der Waals surface area contributed by atoms with Crippen molar-refractivity contribution in [3.8, 4) is 0 Å². The Balaban J connectivity index is 4.78. The number of carbonyl (C=O) groups is 1. The van der Waals surface area contributed by atoms with Gasteiger partial charge in [-0.2, -0.15) is 0 Å². The van der Waals surface area contributed by atoms with E-state index in [1.165, 1.54) is 13.8 Å². The van der Waals surface area contributed by atoms with Gasteiger partial charge in [-0.3, -0.25) is 4.79 Å². The summed E-state index contributed by atoms with van der Waals surface area (Å²) in [5, 5.41) is 0. The van der Waals surface area contributed by atoms with Gasteiger partial charge in [0, 0.05) is 0 Å². The van der Waals surface area contributed by atoms with Crippen molar-refractivity contribution in [2.75, 3.05) is 12.4 Å². The number of hydrogen-bond acceptors (Lipinski definition) is 4. The van der Waals surface area contributed by atoms with Crippen LogP contribution in [-0.2, 0) is 19.4 Å². The lowest BCUT2D eigenvalue weighted by atomic mass is 10.2. The summed E-state index contributed by atoms with van der Waals surface area (Å²) >= 11 is 0. The fraction of sp³-hybridized carbons (Fsp3) is 0.909. The van der Waals surface area contributed by atoms with E-state index in [4.69, 9.17) is 4.74 Å². The Morgan fingerprint density at radius 3 is 2.19 bits per heavy atom. The van der Waals surface area contributed by atoms with E-state index in [1.54, 1.807) is 6.92 Å². The van der Waals surface area contributed by atoms with E-state index in [0.717, 1.165) is 0 Å². The number of carbonyl (C=O) groups excluding carboxylic acids is 1. The van der Waals surface area contributed by atoms with Gasteiger partial charge in [-0.25, -0.2) is 8.42 Å². The predicted molar refractivity (Wildman–Crippen MR) is 64.0 cm³/mol. The molecular formula is C11H22O4S. The second kappa shape index (κ2) is 5.66. The van der Waals surface area contributed by atoms with E-state index < -0.39 is 20.6 Å². The third kappa shape index (κ3) is 3.77. The van der Waals surface area contributed by atoms with Crippen LogP contribution in [0.2, 0.25) is 0 Å². The molecule has 0 fully saturated rings. The third-order valence-corrected chi connectivity index (χ3v) is 5.00. The van der Waals surface area contributed by atoms with Gasteiger partial charge in [-0.15, -0.1) is 0 Å². The predicted octanol–water partition coefficient (Wildman–Crippen LogP) is 1.79. The van der Waals surface area contributed by atoms with Crippen LogP contribution in [-0.4, -0.2) is 31.5 Å². The van der Waals surface area contributed by atoms with Crippen molar-refractivity contribution in [1.82, 2.24) is 0 Å². The molecule has 0 spiro atoms. The molecule has 0 atom stereocenters. The Labute approximate surface area is 98.3 Å². The fourth-order valence-electron chi connectivity index (χ4n) is 1.08. The molecule has 0 bridgehead atoms. The molecule has 0 aliphatic carbocycles. The van der Waals surface area contributed by atoms with Crippen LogP contribution >= 0.6 is 0 Å². The smallest absolute Gasteiger partial charge is 0.326 e. The highest BCUT2D eigenvalue weighted by molar-refractivity contribution is 7.93. The van der Waals surface area contributed by atoms with Crippen LogP contribution in [0.25, 0.3) is 0 Å². The van der Waals surface area contributed by atoms with Crippen LogP contribution in [0.3, 0.4) is 0 Å². The first-order chi connectivity index (χ1) is 7.15. The average molecular weight is 250 g/mol. The highest BCUT2D eigenvalue weighted by Crippen LogP contribution is 2.21. The minimum Gasteiger partial charge on any atom is -0.465 e. The number of sulfone groups is 1. The molecule has 0 heterocycles. The second-order valence-corrected chi connectivity index (χ2v) is 7.39. The van der Waals surface area contributed by atoms with Gasteiger partial charge in [0.25, 0.3) is 0 Å². The summed E-state index contributed by atoms with van der Waals surface area (Å²) in [6, 6.07) is 0. The maximum atomic E-state index is 12.0. The second-order valence-electron chi connectivity index (χ2n) is 4.73. The van der Waals surface area contributed by atoms with Gasteiger partial charge in [0.1, 0.15) is 0 Å². The Bertz CT molecular complexity index is 328. The summed E-state index contributed by atoms with van der Waals surface area (Å²) in [5.41, 5.74) is 0. The Morgan fingerprint density at radius 2 is 1.81 bits per heavy atom. The summed E-state index contributed by atoms with van der Waals surface area (Å²) in [5.74, 6) is -0.345. The van der Waals surface area contributed by atoms with Gasteiger partial charge in [0.15, 0.2) is 14.6 Å². The van der Waals surface area contributed by atoms with E-state index in [2.05, 4.69) is 0 Å². The van der Waals surface area contributed by atoms with Crippen LogP contribution < -0.4 is 0 Å². The Kier molecular flexibility index (Phi) is 5.46. The van der Waals surface area contributed by atoms with Crippen molar-refractivity contribution in [3.63, 3.8) is 0 Å². The van der Waals surface area contributed by atoms with Gasteiger partial charge in [-0.05, 0) is 33.1 Å². The number of esters is 1. The van der Waals surface area contributed by atoms with Crippen molar-refractivity contribution in [2.24, 2.45) is 5.92 Å². The molecule has 0 amide bonds. The van der Waals surface area contributed by atoms with Gasteiger partial charge in [0.05, 0.1) is 12.4 Å². The summed E-state index contributed by atoms with van der Waals surface area (Å²) in [4.78, 5) is 11.6. The molecule has 0 N–H and O–H groups in total. The van der Waals surface area contributed by atoms with Crippen LogP contribution in [0.15, 0.2) is 0 Å². The lowest BCUT2D eigenvalue weighted by molar-refractivity contribution is -0.145. The first-order valence-corrected chi connectivity index (χ1v) is 7.20. The molecule has 0 rings (SSSR count). The van der Waals surface area contributed by atoms with Crippen LogP contribution in [0.5, 0.6) is 0 Å². The zero-order valence-corrected chi connectivity index (χ0v) is 11.6. The van der Waals surface area contributed by atoms with Crippen molar-refractivity contribution < 1.29 is 17.9 Å². The number of hydrogen-bond donors (Lipinski definition) is 0. The summed E-state index contributed by atoms with van der Waals surface area (Å²) < 4.78 is 27.3. The first kappa shape index (κ1) is 15.4. The summed E-state index contributed by atoms with van der Waals surface area (Å²) in [7, 11) is -3.45. The molecule has 0 radical (unpaired) electrons. The number of rotatable bonds is 6. The van der Waals surface area contributed by atoms with E-state index in [1.807, 2.05) is 13.8 Å². The van der Waals surface area contributed by atoms with Crippen molar-refractivity contribution >= 4 is 15.8 Å². The summed E-state index contributed by atoms with van der Waals surface area (Å²) in [6.07, 6.45) is 0.561. The largest absolute Gasteiger partial charge is 0.465 e. The third-order valence-electron chi connectivity index (χ3n) is 2.51. The molecule has 0 aromatic heterocycles. The molecule has 0 aromatic rings. The highest BCUT2D eigenvalue weighted by Gasteiger charge is 2.42. The minimum absolute atomic E-state index is 0.0243. The summed E-state index contributed by atoms with van der Waals surface area (Å²) in [6.45, 7) is 8.57. The lowest BCUT2D eigenvalue weighted by Crippen LogP contribution is -2.43. The molecule has 0 aromatic carbocycles. The molecule has 5 heteroatoms. The SMILES string of the molecule is CCOC(=O)C(C)(C)S(=O)(=O)CCC(C)C. The number of ether oxygens (including phenoxy) is 1. The topological polar surface area (TPSA) is 60.4 Å². The van der Waals surface area contributed by atoms with Gasteiger partial charge in [-0.1, -0.05) is 13.8 Å². The van der Waals surface area contributed by atoms with Crippen molar-refractivity contribution in [1.29, 1.82) is 0 Å². The minimum atomic E-state index is -3.45. The molecule has 96 valence electrons. The molecule has 0 aliphatic heterocycles. The molecule has 0 aliphatic rings. The van der Waals surface area contributed by atoms with E-state index in [0.29, 0.717) is 12.3 Å². The maximum absolute atomic E-state index is 12.0. The molecule has 16 heavy (non-hydrogen) atoms. The van der Waals surface area contributed by atoms with Gasteiger partial charge in [0.2, 0.25) is 0 Å². The fourth-order valence-corrected chi connectivity index (χ4v) is 2.68. The van der Waals surface area contributed by atoms with Gasteiger partial charge >= 0.3 is 5.97 Å². The van der Waals surface area contributed by atoms with Gasteiger partial charge < -0.3 is 4.74 Å². The zero-order valence-electron chi connectivity index (χ0n) is 10.7. The quantitative estimate of drug-likeness (QED) is 0.674. The van der Waals surface area contributed by atoms with E-state index in [9.17, 15) is 13.2 Å². The average Bonchev–Trinajstić information content (AvgIpc) is 2.15. The van der Waals surface area contributed by atoms with E-state index in [-0.39, 0.29) is 12.4 Å². The lowest BCUT2D eigenvalue weighted by Gasteiger charge is -2.22. The molecular weight excluding hydrogens is 228 g/mol. The van der Waals surface area contributed by atoms with Crippen LogP contribution in [0, 0.1) is 5.92 Å². The normalized spacial score (nSPS) is 12.9. The molecule has 0 unspecified atom stereocenters. The molecule has 0 saturated carbocycles. The van der Waals surface area contributed by atoms with E-state index >= 15 is 0 Å². The van der Waals surface area contributed by atoms with Crippen LogP contribution in [0.4, 0.5) is 0 Å². The highest BCUT2D eigenvalue weighted by atomic mass is 32.2. The standard InChI is InChI=1S/C11H22O4S/c1-6-15-10(12)11(4,5)16(13,14)8-7-9(2)3/h9H,6-8H2,1-5H3. The maximum Gasteiger partial charge on any atom is 0.326 e. The first-order valence-electron chi connectivity index (χ1n) is 5.54. The monoisotopic (exact) mass is 250 g/mol. The Hall–Kier alpha value is -0.580.